The lowest BCUT2D eigenvalue weighted by Crippen LogP contribution is -2.31. The molecule has 3 aliphatic carbocycles. The van der Waals surface area contributed by atoms with E-state index in [0.29, 0.717) is 10.8 Å². The smallest absolute Gasteiger partial charge is 0.0138 e. The van der Waals surface area contributed by atoms with E-state index >= 15 is 0 Å². The molecule has 3 aliphatic rings. The van der Waals surface area contributed by atoms with Gasteiger partial charge in [0.15, 0.2) is 0 Å². The molecule has 2 unspecified atom stereocenters. The molecule has 0 bridgehead atoms. The first-order valence-corrected chi connectivity index (χ1v) is 6.64. The molecule has 2 fully saturated rings. The van der Waals surface area contributed by atoms with E-state index in [9.17, 15) is 0 Å². The van der Waals surface area contributed by atoms with E-state index < -0.39 is 0 Å². The molecule has 4 atom stereocenters. The van der Waals surface area contributed by atoms with Gasteiger partial charge in [-0.15, -0.1) is 0 Å². The van der Waals surface area contributed by atoms with Crippen LogP contribution in [0.2, 0.25) is 0 Å². The van der Waals surface area contributed by atoms with Crippen LogP contribution in [-0.4, -0.2) is 0 Å². The molecule has 0 heteroatoms. The van der Waals surface area contributed by atoms with Gasteiger partial charge in [-0.05, 0) is 61.2 Å². The fourth-order valence-corrected chi connectivity index (χ4v) is 5.34. The van der Waals surface area contributed by atoms with Gasteiger partial charge in [0.05, 0.1) is 0 Å². The largest absolute Gasteiger partial charge is 0.0816 e. The van der Waals surface area contributed by atoms with Gasteiger partial charge in [-0.2, -0.15) is 0 Å². The maximum Gasteiger partial charge on any atom is -0.0138 e. The number of allylic oxidation sites excluding steroid dienone is 2. The zero-order chi connectivity index (χ0) is 10.8. The van der Waals surface area contributed by atoms with Gasteiger partial charge in [0, 0.05) is 0 Å². The van der Waals surface area contributed by atoms with Crippen molar-refractivity contribution < 1.29 is 0 Å². The van der Waals surface area contributed by atoms with Crippen LogP contribution in [0.1, 0.15) is 53.4 Å². The minimum Gasteiger partial charge on any atom is -0.0816 e. The highest BCUT2D eigenvalue weighted by atomic mass is 14.7. The molecule has 1 spiro atoms. The van der Waals surface area contributed by atoms with Crippen molar-refractivity contribution in [2.45, 2.75) is 53.4 Å². The zero-order valence-electron chi connectivity index (χ0n) is 10.6. The second-order valence-corrected chi connectivity index (χ2v) is 7.21. The highest BCUT2D eigenvalue weighted by Gasteiger charge is 2.61. The summed E-state index contributed by atoms with van der Waals surface area (Å²) in [5, 5.41) is 0. The second kappa shape index (κ2) is 2.70. The van der Waals surface area contributed by atoms with Gasteiger partial charge in [0.1, 0.15) is 0 Å². The summed E-state index contributed by atoms with van der Waals surface area (Å²) in [4.78, 5) is 0. The Bertz CT molecular complexity index is 323. The SMILES string of the molecule is CC1=CC2CC(C)(C)CC23[C@H](C)CC[C@@H]13. The Morgan fingerprint density at radius 3 is 2.73 bits per heavy atom. The summed E-state index contributed by atoms with van der Waals surface area (Å²) in [7, 11) is 0. The number of rotatable bonds is 0. The summed E-state index contributed by atoms with van der Waals surface area (Å²) in [5.74, 6) is 2.82. The molecule has 0 N–H and O–H groups in total. The summed E-state index contributed by atoms with van der Waals surface area (Å²) < 4.78 is 0. The quantitative estimate of drug-likeness (QED) is 0.513. The standard InChI is InChI=1S/C15H24/c1-10-7-12-8-14(3,4)9-15(12)11(2)5-6-13(10)15/h7,11-13H,5-6,8-9H2,1-4H3/t11-,12?,13+,15?/m1/s1. The Balaban J connectivity index is 2.05. The minimum atomic E-state index is 0.596. The Morgan fingerprint density at radius 2 is 2.00 bits per heavy atom. The van der Waals surface area contributed by atoms with Crippen LogP contribution in [0.3, 0.4) is 0 Å². The van der Waals surface area contributed by atoms with Crippen LogP contribution in [0.5, 0.6) is 0 Å². The fraction of sp³-hybridized carbons (Fsp3) is 0.867. The molecular formula is C15H24. The molecule has 0 aromatic rings. The van der Waals surface area contributed by atoms with Crippen molar-refractivity contribution in [3.05, 3.63) is 11.6 Å². The lowest BCUT2D eigenvalue weighted by molar-refractivity contribution is 0.135. The Kier molecular flexibility index (Phi) is 1.79. The van der Waals surface area contributed by atoms with E-state index in [1.165, 1.54) is 25.7 Å². The molecule has 84 valence electrons. The third kappa shape index (κ3) is 1.09. The van der Waals surface area contributed by atoms with Gasteiger partial charge < -0.3 is 0 Å². The average Bonchev–Trinajstić information content (AvgIpc) is 2.61. The van der Waals surface area contributed by atoms with Crippen molar-refractivity contribution >= 4 is 0 Å². The van der Waals surface area contributed by atoms with Crippen LogP contribution in [-0.2, 0) is 0 Å². The molecule has 0 aliphatic heterocycles. The van der Waals surface area contributed by atoms with Gasteiger partial charge >= 0.3 is 0 Å². The van der Waals surface area contributed by atoms with Gasteiger partial charge in [0.25, 0.3) is 0 Å². The Morgan fingerprint density at radius 1 is 1.27 bits per heavy atom. The molecule has 0 radical (unpaired) electrons. The molecule has 0 nitrogen and oxygen atoms in total. The van der Waals surface area contributed by atoms with Crippen molar-refractivity contribution in [1.82, 2.24) is 0 Å². The van der Waals surface area contributed by atoms with Crippen molar-refractivity contribution in [2.75, 3.05) is 0 Å². The van der Waals surface area contributed by atoms with Gasteiger partial charge in [-0.1, -0.05) is 32.4 Å². The molecule has 0 amide bonds. The monoisotopic (exact) mass is 204 g/mol. The first kappa shape index (κ1) is 9.93. The Hall–Kier alpha value is -0.260. The first-order chi connectivity index (χ1) is 6.96. The molecule has 0 aromatic heterocycles. The summed E-state index contributed by atoms with van der Waals surface area (Å²) in [5.41, 5.74) is 3.01. The molecule has 3 rings (SSSR count). The van der Waals surface area contributed by atoms with Crippen LogP contribution < -0.4 is 0 Å². The van der Waals surface area contributed by atoms with E-state index in [4.69, 9.17) is 0 Å². The molecular weight excluding hydrogens is 180 g/mol. The van der Waals surface area contributed by atoms with Crippen LogP contribution in [0.4, 0.5) is 0 Å². The van der Waals surface area contributed by atoms with Gasteiger partial charge in [-0.25, -0.2) is 0 Å². The van der Waals surface area contributed by atoms with Crippen LogP contribution in [0, 0.1) is 28.6 Å². The molecule has 2 saturated carbocycles. The summed E-state index contributed by atoms with van der Waals surface area (Å²) in [6.07, 6.45) is 8.49. The second-order valence-electron chi connectivity index (χ2n) is 7.21. The van der Waals surface area contributed by atoms with Crippen molar-refractivity contribution in [2.24, 2.45) is 28.6 Å². The Labute approximate surface area is 94.1 Å². The highest BCUT2D eigenvalue weighted by Crippen LogP contribution is 2.70. The van der Waals surface area contributed by atoms with E-state index in [1.807, 2.05) is 0 Å². The summed E-state index contributed by atoms with van der Waals surface area (Å²) >= 11 is 0. The molecule has 0 aromatic carbocycles. The molecule has 0 heterocycles. The molecule has 0 saturated heterocycles. The average molecular weight is 204 g/mol. The minimum absolute atomic E-state index is 0.596. The van der Waals surface area contributed by atoms with Crippen LogP contribution in [0.15, 0.2) is 11.6 Å². The van der Waals surface area contributed by atoms with Crippen LogP contribution >= 0.6 is 0 Å². The maximum absolute atomic E-state index is 2.63. The van der Waals surface area contributed by atoms with E-state index in [2.05, 4.69) is 33.8 Å². The maximum atomic E-state index is 2.63. The predicted molar refractivity (Wildman–Crippen MR) is 64.6 cm³/mol. The van der Waals surface area contributed by atoms with E-state index in [-0.39, 0.29) is 0 Å². The lowest BCUT2D eigenvalue weighted by Gasteiger charge is -2.36. The van der Waals surface area contributed by atoms with Gasteiger partial charge in [0.2, 0.25) is 0 Å². The molecule has 15 heavy (non-hydrogen) atoms. The van der Waals surface area contributed by atoms with E-state index in [1.54, 1.807) is 5.57 Å². The summed E-state index contributed by atoms with van der Waals surface area (Å²) in [6, 6.07) is 0. The predicted octanol–water partition coefficient (Wildman–Crippen LogP) is 4.42. The van der Waals surface area contributed by atoms with Crippen LogP contribution in [0.25, 0.3) is 0 Å². The third-order valence-electron chi connectivity index (χ3n) is 5.72. The fourth-order valence-electron chi connectivity index (χ4n) is 5.34. The van der Waals surface area contributed by atoms with Crippen molar-refractivity contribution in [3.63, 3.8) is 0 Å². The zero-order valence-corrected chi connectivity index (χ0v) is 10.6. The first-order valence-electron chi connectivity index (χ1n) is 6.64. The van der Waals surface area contributed by atoms with Crippen molar-refractivity contribution in [3.8, 4) is 0 Å². The number of hydrogen-bond acceptors (Lipinski definition) is 0. The highest BCUT2D eigenvalue weighted by molar-refractivity contribution is 5.28. The normalized spacial score (nSPS) is 51.5. The third-order valence-corrected chi connectivity index (χ3v) is 5.72. The van der Waals surface area contributed by atoms with Crippen molar-refractivity contribution in [1.29, 1.82) is 0 Å². The van der Waals surface area contributed by atoms with Gasteiger partial charge in [-0.3, -0.25) is 0 Å². The van der Waals surface area contributed by atoms with E-state index in [0.717, 1.165) is 17.8 Å². The number of hydrogen-bond donors (Lipinski definition) is 0. The lowest BCUT2D eigenvalue weighted by atomic mass is 9.67. The topological polar surface area (TPSA) is 0 Å². The summed E-state index contributed by atoms with van der Waals surface area (Å²) in [6.45, 7) is 9.85.